The van der Waals surface area contributed by atoms with Gasteiger partial charge in [0.05, 0.1) is 13.4 Å². The van der Waals surface area contributed by atoms with Crippen LogP contribution in [0.25, 0.3) is 0 Å². The number of phenols is 1. The maximum absolute atomic E-state index is 9.53. The molecule has 4 heteroatoms. The number of methoxy groups -OCH3 is 1. The van der Waals surface area contributed by atoms with E-state index < -0.39 is 0 Å². The first kappa shape index (κ1) is 13.5. The minimum absolute atomic E-state index is 0.162. The molecule has 0 amide bonds. The molecule has 1 aromatic heterocycles. The third-order valence-corrected chi connectivity index (χ3v) is 2.99. The van der Waals surface area contributed by atoms with Gasteiger partial charge in [0.1, 0.15) is 5.76 Å². The molecule has 2 N–H and O–H groups in total. The van der Waals surface area contributed by atoms with Gasteiger partial charge in [0.2, 0.25) is 0 Å². The van der Waals surface area contributed by atoms with Gasteiger partial charge in [-0.1, -0.05) is 6.07 Å². The van der Waals surface area contributed by atoms with Crippen LogP contribution in [-0.2, 0) is 13.0 Å². The van der Waals surface area contributed by atoms with E-state index in [0.29, 0.717) is 11.8 Å². The lowest BCUT2D eigenvalue weighted by Crippen LogP contribution is -2.27. The third-order valence-electron chi connectivity index (χ3n) is 2.99. The summed E-state index contributed by atoms with van der Waals surface area (Å²) in [5.41, 5.74) is 1.07. The highest BCUT2D eigenvalue weighted by atomic mass is 16.5. The van der Waals surface area contributed by atoms with Crippen LogP contribution in [0.1, 0.15) is 18.2 Å². The molecular formula is C15H19NO3. The van der Waals surface area contributed by atoms with E-state index in [2.05, 4.69) is 12.2 Å². The Bertz CT molecular complexity index is 508. The van der Waals surface area contributed by atoms with E-state index in [4.69, 9.17) is 9.15 Å². The van der Waals surface area contributed by atoms with Crippen molar-refractivity contribution in [3.63, 3.8) is 0 Å². The molecule has 1 unspecified atom stereocenters. The predicted octanol–water partition coefficient (Wildman–Crippen LogP) is 2.71. The van der Waals surface area contributed by atoms with E-state index >= 15 is 0 Å². The molecule has 0 bridgehead atoms. The fraction of sp³-hybridized carbons (Fsp3) is 0.333. The highest BCUT2D eigenvalue weighted by Crippen LogP contribution is 2.26. The molecule has 102 valence electrons. The SMILES string of the molecule is COc1cc(CNC(C)Cc2ccco2)ccc1O. The second-order valence-electron chi connectivity index (χ2n) is 4.57. The summed E-state index contributed by atoms with van der Waals surface area (Å²) in [6, 6.07) is 9.54. The molecule has 0 aliphatic heterocycles. The van der Waals surface area contributed by atoms with Crippen molar-refractivity contribution in [2.24, 2.45) is 0 Å². The Hall–Kier alpha value is -1.94. The maximum atomic E-state index is 9.53. The van der Waals surface area contributed by atoms with Crippen LogP contribution in [0.15, 0.2) is 41.0 Å². The van der Waals surface area contributed by atoms with Crippen molar-refractivity contribution in [2.45, 2.75) is 25.9 Å². The van der Waals surface area contributed by atoms with Gasteiger partial charge < -0.3 is 19.6 Å². The van der Waals surface area contributed by atoms with E-state index in [-0.39, 0.29) is 5.75 Å². The first-order chi connectivity index (χ1) is 9.19. The minimum atomic E-state index is 0.162. The molecule has 2 aromatic rings. The number of nitrogens with one attached hydrogen (secondary N) is 1. The molecule has 1 heterocycles. The summed E-state index contributed by atoms with van der Waals surface area (Å²) >= 11 is 0. The van der Waals surface area contributed by atoms with Crippen LogP contribution in [0.4, 0.5) is 0 Å². The van der Waals surface area contributed by atoms with Crippen molar-refractivity contribution in [1.29, 1.82) is 0 Å². The molecule has 0 fully saturated rings. The lowest BCUT2D eigenvalue weighted by molar-refractivity contribution is 0.372. The van der Waals surface area contributed by atoms with Crippen LogP contribution in [0.5, 0.6) is 11.5 Å². The van der Waals surface area contributed by atoms with E-state index in [1.54, 1.807) is 19.4 Å². The standard InChI is InChI=1S/C15H19NO3/c1-11(8-13-4-3-7-19-13)16-10-12-5-6-14(17)15(9-12)18-2/h3-7,9,11,16-17H,8,10H2,1-2H3. The molecule has 1 atom stereocenters. The van der Waals surface area contributed by atoms with Crippen molar-refractivity contribution >= 4 is 0 Å². The molecule has 1 aromatic carbocycles. The molecule has 4 nitrogen and oxygen atoms in total. The zero-order chi connectivity index (χ0) is 13.7. The molecule has 0 saturated carbocycles. The lowest BCUT2D eigenvalue weighted by atomic mass is 10.1. The third kappa shape index (κ3) is 3.76. The van der Waals surface area contributed by atoms with Crippen molar-refractivity contribution in [3.8, 4) is 11.5 Å². The van der Waals surface area contributed by atoms with Gasteiger partial charge in [-0.15, -0.1) is 0 Å². The number of hydrogen-bond acceptors (Lipinski definition) is 4. The highest BCUT2D eigenvalue weighted by molar-refractivity contribution is 5.41. The Morgan fingerprint density at radius 3 is 2.89 bits per heavy atom. The molecule has 0 spiro atoms. The molecule has 0 aliphatic carbocycles. The summed E-state index contributed by atoms with van der Waals surface area (Å²) in [5, 5.41) is 12.9. The summed E-state index contributed by atoms with van der Waals surface area (Å²) < 4.78 is 10.4. The Morgan fingerprint density at radius 2 is 2.21 bits per heavy atom. The van der Waals surface area contributed by atoms with Crippen LogP contribution >= 0.6 is 0 Å². The summed E-state index contributed by atoms with van der Waals surface area (Å²) in [5.74, 6) is 1.64. The Labute approximate surface area is 113 Å². The number of ether oxygens (including phenoxy) is 1. The number of rotatable bonds is 6. The van der Waals surface area contributed by atoms with Gasteiger partial charge in [-0.3, -0.25) is 0 Å². The van der Waals surface area contributed by atoms with Crippen molar-refractivity contribution in [1.82, 2.24) is 5.32 Å². The molecule has 0 aliphatic rings. The summed E-state index contributed by atoms with van der Waals surface area (Å²) in [6.07, 6.45) is 2.54. The van der Waals surface area contributed by atoms with Gasteiger partial charge in [0.15, 0.2) is 11.5 Å². The molecule has 19 heavy (non-hydrogen) atoms. The molecule has 0 radical (unpaired) electrons. The fourth-order valence-corrected chi connectivity index (χ4v) is 1.93. The predicted molar refractivity (Wildman–Crippen MR) is 73.4 cm³/mol. The second kappa shape index (κ2) is 6.29. The normalized spacial score (nSPS) is 12.3. The van der Waals surface area contributed by atoms with Crippen LogP contribution in [0, 0.1) is 0 Å². The summed E-state index contributed by atoms with van der Waals surface area (Å²) in [7, 11) is 1.55. The molecular weight excluding hydrogens is 242 g/mol. The van der Waals surface area contributed by atoms with E-state index in [1.807, 2.05) is 24.3 Å². The Morgan fingerprint density at radius 1 is 1.37 bits per heavy atom. The first-order valence-corrected chi connectivity index (χ1v) is 6.30. The second-order valence-corrected chi connectivity index (χ2v) is 4.57. The van der Waals surface area contributed by atoms with Crippen LogP contribution < -0.4 is 10.1 Å². The van der Waals surface area contributed by atoms with E-state index in [0.717, 1.165) is 24.3 Å². The van der Waals surface area contributed by atoms with E-state index in [1.165, 1.54) is 0 Å². The minimum Gasteiger partial charge on any atom is -0.504 e. The number of hydrogen-bond donors (Lipinski definition) is 2. The Balaban J connectivity index is 1.88. The van der Waals surface area contributed by atoms with Crippen LogP contribution in [0.3, 0.4) is 0 Å². The van der Waals surface area contributed by atoms with Crippen molar-refractivity contribution in [3.05, 3.63) is 47.9 Å². The van der Waals surface area contributed by atoms with Gasteiger partial charge in [-0.25, -0.2) is 0 Å². The fourth-order valence-electron chi connectivity index (χ4n) is 1.93. The zero-order valence-electron chi connectivity index (χ0n) is 11.2. The van der Waals surface area contributed by atoms with Crippen LogP contribution in [0.2, 0.25) is 0 Å². The molecule has 2 rings (SSSR count). The number of aromatic hydroxyl groups is 1. The average molecular weight is 261 g/mol. The zero-order valence-corrected chi connectivity index (χ0v) is 11.2. The topological polar surface area (TPSA) is 54.6 Å². The smallest absolute Gasteiger partial charge is 0.160 e. The largest absolute Gasteiger partial charge is 0.504 e. The number of furan rings is 1. The summed E-state index contributed by atoms with van der Waals surface area (Å²) in [4.78, 5) is 0. The highest BCUT2D eigenvalue weighted by Gasteiger charge is 2.07. The maximum Gasteiger partial charge on any atom is 0.160 e. The van der Waals surface area contributed by atoms with Gasteiger partial charge in [0.25, 0.3) is 0 Å². The molecule has 0 saturated heterocycles. The summed E-state index contributed by atoms with van der Waals surface area (Å²) in [6.45, 7) is 2.83. The first-order valence-electron chi connectivity index (χ1n) is 6.30. The monoisotopic (exact) mass is 261 g/mol. The average Bonchev–Trinajstić information content (AvgIpc) is 2.90. The Kier molecular flexibility index (Phi) is 4.47. The van der Waals surface area contributed by atoms with Gasteiger partial charge in [-0.05, 0) is 36.8 Å². The van der Waals surface area contributed by atoms with Crippen molar-refractivity contribution in [2.75, 3.05) is 7.11 Å². The number of phenolic OH excluding ortho intramolecular Hbond substituents is 1. The van der Waals surface area contributed by atoms with Gasteiger partial charge in [0, 0.05) is 19.0 Å². The van der Waals surface area contributed by atoms with E-state index in [9.17, 15) is 5.11 Å². The quantitative estimate of drug-likeness (QED) is 0.839. The number of benzene rings is 1. The van der Waals surface area contributed by atoms with Gasteiger partial charge in [-0.2, -0.15) is 0 Å². The van der Waals surface area contributed by atoms with Crippen molar-refractivity contribution < 1.29 is 14.3 Å². The van der Waals surface area contributed by atoms with Gasteiger partial charge >= 0.3 is 0 Å². The van der Waals surface area contributed by atoms with Crippen LogP contribution in [-0.4, -0.2) is 18.3 Å². The lowest BCUT2D eigenvalue weighted by Gasteiger charge is -2.13.